The molecule has 1 rings (SSSR count). The van der Waals surface area contributed by atoms with E-state index in [1.54, 1.807) is 0 Å². The van der Waals surface area contributed by atoms with Gasteiger partial charge in [-0.25, -0.2) is 0 Å². The van der Waals surface area contributed by atoms with Crippen LogP contribution in [0.25, 0.3) is 0 Å². The second-order valence-electron chi connectivity index (χ2n) is 3.39. The molecule has 5 atom stereocenters. The third kappa shape index (κ3) is 1.74. The van der Waals surface area contributed by atoms with Crippen molar-refractivity contribution in [1.29, 1.82) is 0 Å². The van der Waals surface area contributed by atoms with E-state index in [-0.39, 0.29) is 12.4 Å². The average Bonchev–Trinajstić information content (AvgIpc) is 2.29. The SMILES string of the molecule is CO[C@@H]1[C@@H](O)[C@@H](O)[C@@](O)(CO)[C@H]1[NH3+].[Cl-]. The first-order valence-electron chi connectivity index (χ1n) is 4.04. The number of hydrogen-bond donors (Lipinski definition) is 5. The van der Waals surface area contributed by atoms with Gasteiger partial charge in [0.05, 0.1) is 6.61 Å². The standard InChI is InChI=1S/C7H15NO5.ClH/c1-13-4-3(10)6(11)7(12,2-9)5(4)8;/h3-6,9-12H,2,8H2,1H3;1H/t3-,4-,5+,6-,7-;/m1./s1. The van der Waals surface area contributed by atoms with Crippen LogP contribution in [-0.2, 0) is 4.74 Å². The highest BCUT2D eigenvalue weighted by Crippen LogP contribution is 2.30. The second-order valence-corrected chi connectivity index (χ2v) is 3.39. The summed E-state index contributed by atoms with van der Waals surface area (Å²) in [5.41, 5.74) is 1.78. The highest BCUT2D eigenvalue weighted by Gasteiger charge is 2.60. The Bertz CT molecular complexity index is 193. The van der Waals surface area contributed by atoms with E-state index in [0.29, 0.717) is 0 Å². The predicted octanol–water partition coefficient (Wildman–Crippen LogP) is -6.93. The fraction of sp³-hybridized carbons (Fsp3) is 1.00. The Kier molecular flexibility index (Phi) is 4.73. The molecule has 0 aromatic heterocycles. The van der Waals surface area contributed by atoms with E-state index in [1.165, 1.54) is 7.11 Å². The molecule has 86 valence electrons. The van der Waals surface area contributed by atoms with Gasteiger partial charge in [-0.3, -0.25) is 0 Å². The second kappa shape index (κ2) is 4.71. The molecule has 0 aromatic carbocycles. The maximum Gasteiger partial charge on any atom is 0.170 e. The largest absolute Gasteiger partial charge is 1.00 e. The molecule has 1 fully saturated rings. The molecule has 1 aliphatic carbocycles. The van der Waals surface area contributed by atoms with Crippen LogP contribution in [-0.4, -0.2) is 64.1 Å². The van der Waals surface area contributed by atoms with Crippen molar-refractivity contribution < 1.29 is 43.3 Å². The molecule has 1 saturated carbocycles. The van der Waals surface area contributed by atoms with Crippen LogP contribution in [0.4, 0.5) is 0 Å². The zero-order valence-corrected chi connectivity index (χ0v) is 8.55. The fourth-order valence-corrected chi connectivity index (χ4v) is 1.73. The number of hydrogen-bond acceptors (Lipinski definition) is 5. The van der Waals surface area contributed by atoms with E-state index in [4.69, 9.17) is 9.84 Å². The third-order valence-electron chi connectivity index (χ3n) is 2.74. The fourth-order valence-electron chi connectivity index (χ4n) is 1.73. The zero-order chi connectivity index (χ0) is 10.2. The Labute approximate surface area is 87.7 Å². The van der Waals surface area contributed by atoms with Gasteiger partial charge in [0.1, 0.15) is 24.4 Å². The molecule has 0 spiro atoms. The maximum absolute atomic E-state index is 9.71. The summed E-state index contributed by atoms with van der Waals surface area (Å²) in [4.78, 5) is 0. The Morgan fingerprint density at radius 2 is 1.93 bits per heavy atom. The van der Waals surface area contributed by atoms with Crippen LogP contribution in [0.2, 0.25) is 0 Å². The van der Waals surface area contributed by atoms with Gasteiger partial charge in [-0.1, -0.05) is 0 Å². The third-order valence-corrected chi connectivity index (χ3v) is 2.74. The first-order chi connectivity index (χ1) is 5.99. The van der Waals surface area contributed by atoms with E-state index in [1.807, 2.05) is 0 Å². The van der Waals surface area contributed by atoms with Crippen LogP contribution in [0.1, 0.15) is 0 Å². The van der Waals surface area contributed by atoms with Crippen molar-refractivity contribution in [1.82, 2.24) is 0 Å². The normalized spacial score (nSPS) is 47.6. The van der Waals surface area contributed by atoms with Gasteiger partial charge in [0.15, 0.2) is 5.60 Å². The molecule has 0 saturated heterocycles. The monoisotopic (exact) mass is 229 g/mol. The summed E-state index contributed by atoms with van der Waals surface area (Å²) in [6.45, 7) is -0.654. The van der Waals surface area contributed by atoms with Gasteiger partial charge in [0.25, 0.3) is 0 Å². The maximum atomic E-state index is 9.71. The predicted molar refractivity (Wildman–Crippen MR) is 41.5 cm³/mol. The van der Waals surface area contributed by atoms with Crippen molar-refractivity contribution in [3.63, 3.8) is 0 Å². The lowest BCUT2D eigenvalue weighted by molar-refractivity contribution is -0.467. The molecule has 0 aliphatic heterocycles. The molecule has 0 radical (unpaired) electrons. The Morgan fingerprint density at radius 3 is 2.14 bits per heavy atom. The van der Waals surface area contributed by atoms with Gasteiger partial charge < -0.3 is 43.3 Å². The molecular weight excluding hydrogens is 214 g/mol. The van der Waals surface area contributed by atoms with Crippen molar-refractivity contribution in [2.24, 2.45) is 0 Å². The minimum Gasteiger partial charge on any atom is -1.00 e. The van der Waals surface area contributed by atoms with Gasteiger partial charge in [0.2, 0.25) is 0 Å². The summed E-state index contributed by atoms with van der Waals surface area (Å²) in [7, 11) is 1.35. The van der Waals surface area contributed by atoms with Crippen molar-refractivity contribution in [3.8, 4) is 0 Å². The van der Waals surface area contributed by atoms with E-state index in [9.17, 15) is 15.3 Å². The number of aliphatic hydroxyl groups excluding tert-OH is 3. The van der Waals surface area contributed by atoms with Crippen LogP contribution in [0.5, 0.6) is 0 Å². The van der Waals surface area contributed by atoms with E-state index >= 15 is 0 Å². The first kappa shape index (κ1) is 14.1. The Morgan fingerprint density at radius 1 is 1.43 bits per heavy atom. The lowest BCUT2D eigenvalue weighted by Crippen LogP contribution is -3.00. The minimum absolute atomic E-state index is 0. The molecule has 0 amide bonds. The van der Waals surface area contributed by atoms with E-state index in [0.717, 1.165) is 0 Å². The van der Waals surface area contributed by atoms with Crippen LogP contribution >= 0.6 is 0 Å². The van der Waals surface area contributed by atoms with Crippen LogP contribution < -0.4 is 18.1 Å². The molecular formula is C7H16ClNO5. The Hall–Kier alpha value is 0.0500. The van der Waals surface area contributed by atoms with Crippen LogP contribution in [0, 0.1) is 0 Å². The topological polar surface area (TPSA) is 118 Å². The number of halogens is 1. The average molecular weight is 230 g/mol. The highest BCUT2D eigenvalue weighted by atomic mass is 35.5. The smallest absolute Gasteiger partial charge is 0.170 e. The van der Waals surface area contributed by atoms with Crippen LogP contribution in [0.3, 0.4) is 0 Å². The summed E-state index contributed by atoms with van der Waals surface area (Å²) in [5.74, 6) is 0. The van der Waals surface area contributed by atoms with Crippen molar-refractivity contribution in [3.05, 3.63) is 0 Å². The molecule has 1 aliphatic rings. The van der Waals surface area contributed by atoms with Crippen LogP contribution in [0.15, 0.2) is 0 Å². The van der Waals surface area contributed by atoms with Gasteiger partial charge in [0, 0.05) is 7.11 Å². The van der Waals surface area contributed by atoms with Crippen molar-refractivity contribution in [2.45, 2.75) is 30.0 Å². The summed E-state index contributed by atoms with van der Waals surface area (Å²) in [6.07, 6.45) is -3.40. The number of rotatable bonds is 2. The molecule has 6 nitrogen and oxygen atoms in total. The lowest BCUT2D eigenvalue weighted by atomic mass is 9.97. The van der Waals surface area contributed by atoms with Gasteiger partial charge in [-0.15, -0.1) is 0 Å². The summed E-state index contributed by atoms with van der Waals surface area (Å²) >= 11 is 0. The summed E-state index contributed by atoms with van der Waals surface area (Å²) in [6, 6.07) is -0.757. The quantitative estimate of drug-likeness (QED) is 0.323. The number of quaternary nitrogens is 1. The highest BCUT2D eigenvalue weighted by molar-refractivity contribution is 5.09. The molecule has 0 bridgehead atoms. The molecule has 0 unspecified atom stereocenters. The molecule has 0 aromatic rings. The lowest BCUT2D eigenvalue weighted by Gasteiger charge is -2.25. The van der Waals surface area contributed by atoms with Gasteiger partial charge in [-0.2, -0.15) is 0 Å². The molecule has 14 heavy (non-hydrogen) atoms. The minimum atomic E-state index is -1.78. The number of ether oxygens (including phenoxy) is 1. The van der Waals surface area contributed by atoms with E-state index < -0.39 is 36.6 Å². The number of aliphatic hydroxyl groups is 4. The summed E-state index contributed by atoms with van der Waals surface area (Å²) in [5, 5.41) is 37.4. The number of methoxy groups -OCH3 is 1. The van der Waals surface area contributed by atoms with Gasteiger partial charge in [-0.05, 0) is 0 Å². The molecule has 7 N–H and O–H groups in total. The molecule has 7 heteroatoms. The van der Waals surface area contributed by atoms with Gasteiger partial charge >= 0.3 is 0 Å². The zero-order valence-electron chi connectivity index (χ0n) is 7.80. The molecule has 0 heterocycles. The first-order valence-corrected chi connectivity index (χ1v) is 4.04. The Balaban J connectivity index is 0.00000169. The summed E-state index contributed by atoms with van der Waals surface area (Å²) < 4.78 is 4.86. The van der Waals surface area contributed by atoms with E-state index in [2.05, 4.69) is 5.73 Å². The van der Waals surface area contributed by atoms with Crippen molar-refractivity contribution >= 4 is 0 Å². The van der Waals surface area contributed by atoms with Crippen molar-refractivity contribution in [2.75, 3.05) is 13.7 Å².